The normalized spacial score (nSPS) is 21.2. The van der Waals surface area contributed by atoms with Crippen molar-refractivity contribution in [3.05, 3.63) is 35.1 Å². The predicted octanol–water partition coefficient (Wildman–Crippen LogP) is 3.40. The van der Waals surface area contributed by atoms with Crippen molar-refractivity contribution in [2.75, 3.05) is 13.1 Å². The van der Waals surface area contributed by atoms with Crippen LogP contribution in [0.5, 0.6) is 0 Å². The smallest absolute Gasteiger partial charge is 0.123 e. The maximum Gasteiger partial charge on any atom is 0.123 e. The van der Waals surface area contributed by atoms with Crippen LogP contribution in [0.25, 0.3) is 0 Å². The molecule has 0 aromatic heterocycles. The van der Waals surface area contributed by atoms with Crippen LogP contribution < -0.4 is 0 Å². The first kappa shape index (κ1) is 11.6. The van der Waals surface area contributed by atoms with Gasteiger partial charge in [0.15, 0.2) is 0 Å². The third-order valence-electron chi connectivity index (χ3n) is 3.37. The zero-order valence-corrected chi connectivity index (χ0v) is 10.3. The number of hydrogen-bond donors (Lipinski definition) is 0. The van der Waals surface area contributed by atoms with E-state index in [9.17, 15) is 4.39 Å². The summed E-state index contributed by atoms with van der Waals surface area (Å²) in [5.41, 5.74) is 2.49. The van der Waals surface area contributed by atoms with Crippen LogP contribution in [-0.2, 0) is 6.42 Å². The molecule has 1 atom stereocenters. The standard InChI is InChI=1S/C14H20FN/c1-10(2)9-16-7-6-12-4-5-13(15)8-14(12)11(16)3/h4-5,8,10-11H,6-7,9H2,1-3H3. The largest absolute Gasteiger partial charge is 0.296 e. The second kappa shape index (κ2) is 4.54. The number of halogens is 1. The van der Waals surface area contributed by atoms with Crippen molar-refractivity contribution >= 4 is 0 Å². The molecule has 2 rings (SSSR count). The molecule has 0 bridgehead atoms. The molecule has 16 heavy (non-hydrogen) atoms. The Morgan fingerprint density at radius 3 is 2.88 bits per heavy atom. The van der Waals surface area contributed by atoms with Gasteiger partial charge in [0.25, 0.3) is 0 Å². The van der Waals surface area contributed by atoms with Crippen LogP contribution in [0.15, 0.2) is 18.2 Å². The molecule has 0 radical (unpaired) electrons. The topological polar surface area (TPSA) is 3.24 Å². The van der Waals surface area contributed by atoms with Crippen LogP contribution in [0.2, 0.25) is 0 Å². The van der Waals surface area contributed by atoms with Crippen LogP contribution in [0.4, 0.5) is 4.39 Å². The van der Waals surface area contributed by atoms with Gasteiger partial charge in [0.2, 0.25) is 0 Å². The lowest BCUT2D eigenvalue weighted by molar-refractivity contribution is 0.176. The Morgan fingerprint density at radius 2 is 2.19 bits per heavy atom. The molecular weight excluding hydrogens is 201 g/mol. The van der Waals surface area contributed by atoms with Crippen LogP contribution >= 0.6 is 0 Å². The van der Waals surface area contributed by atoms with E-state index in [0.29, 0.717) is 12.0 Å². The highest BCUT2D eigenvalue weighted by Gasteiger charge is 2.24. The van der Waals surface area contributed by atoms with E-state index >= 15 is 0 Å². The molecule has 0 aliphatic carbocycles. The molecule has 0 saturated heterocycles. The molecule has 88 valence electrons. The van der Waals surface area contributed by atoms with Crippen LogP contribution in [0.3, 0.4) is 0 Å². The van der Waals surface area contributed by atoms with Gasteiger partial charge in [-0.2, -0.15) is 0 Å². The maximum atomic E-state index is 13.2. The zero-order chi connectivity index (χ0) is 11.7. The predicted molar refractivity (Wildman–Crippen MR) is 64.9 cm³/mol. The molecule has 0 N–H and O–H groups in total. The SMILES string of the molecule is CC(C)CN1CCc2ccc(F)cc2C1C. The Hall–Kier alpha value is -0.890. The van der Waals surface area contributed by atoms with E-state index in [4.69, 9.17) is 0 Å². The quantitative estimate of drug-likeness (QED) is 0.740. The van der Waals surface area contributed by atoms with E-state index in [1.54, 1.807) is 12.1 Å². The zero-order valence-electron chi connectivity index (χ0n) is 10.3. The third kappa shape index (κ3) is 2.27. The Bertz CT molecular complexity index is 373. The second-order valence-corrected chi connectivity index (χ2v) is 5.16. The highest BCUT2D eigenvalue weighted by atomic mass is 19.1. The minimum absolute atomic E-state index is 0.114. The maximum absolute atomic E-state index is 13.2. The average Bonchev–Trinajstić information content (AvgIpc) is 2.22. The molecule has 0 spiro atoms. The molecule has 1 aliphatic rings. The first-order chi connectivity index (χ1) is 7.58. The fourth-order valence-corrected chi connectivity index (χ4v) is 2.56. The molecule has 1 nitrogen and oxygen atoms in total. The van der Waals surface area contributed by atoms with Crippen molar-refractivity contribution in [2.24, 2.45) is 5.92 Å². The monoisotopic (exact) mass is 221 g/mol. The first-order valence-electron chi connectivity index (χ1n) is 6.10. The number of fused-ring (bicyclic) bond motifs is 1. The van der Waals surface area contributed by atoms with Crippen molar-refractivity contribution in [1.29, 1.82) is 0 Å². The van der Waals surface area contributed by atoms with E-state index in [1.165, 1.54) is 11.1 Å². The first-order valence-corrected chi connectivity index (χ1v) is 6.10. The molecule has 1 aromatic rings. The van der Waals surface area contributed by atoms with Gasteiger partial charge in [0, 0.05) is 19.1 Å². The minimum Gasteiger partial charge on any atom is -0.296 e. The third-order valence-corrected chi connectivity index (χ3v) is 3.37. The summed E-state index contributed by atoms with van der Waals surface area (Å²) in [4.78, 5) is 2.45. The van der Waals surface area contributed by atoms with E-state index in [2.05, 4.69) is 25.7 Å². The Balaban J connectivity index is 2.23. The molecule has 1 heterocycles. The number of rotatable bonds is 2. The molecule has 0 fully saturated rings. The van der Waals surface area contributed by atoms with Crippen LogP contribution in [0.1, 0.15) is 37.9 Å². The minimum atomic E-state index is -0.114. The summed E-state index contributed by atoms with van der Waals surface area (Å²) in [6.07, 6.45) is 1.05. The van der Waals surface area contributed by atoms with Gasteiger partial charge in [-0.25, -0.2) is 4.39 Å². The summed E-state index contributed by atoms with van der Waals surface area (Å²) < 4.78 is 13.2. The lowest BCUT2D eigenvalue weighted by Crippen LogP contribution is -2.36. The van der Waals surface area contributed by atoms with Gasteiger partial charge >= 0.3 is 0 Å². The van der Waals surface area contributed by atoms with Gasteiger partial charge in [-0.1, -0.05) is 19.9 Å². The lowest BCUT2D eigenvalue weighted by Gasteiger charge is -2.36. The fourth-order valence-electron chi connectivity index (χ4n) is 2.56. The van der Waals surface area contributed by atoms with E-state index in [-0.39, 0.29) is 5.82 Å². The van der Waals surface area contributed by atoms with Gasteiger partial charge in [-0.05, 0) is 42.5 Å². The second-order valence-electron chi connectivity index (χ2n) is 5.16. The average molecular weight is 221 g/mol. The summed E-state index contributed by atoms with van der Waals surface area (Å²) in [5, 5.41) is 0. The van der Waals surface area contributed by atoms with Crippen LogP contribution in [0, 0.1) is 11.7 Å². The summed E-state index contributed by atoms with van der Waals surface area (Å²) in [6, 6.07) is 5.56. The van der Waals surface area contributed by atoms with Gasteiger partial charge in [0.05, 0.1) is 0 Å². The van der Waals surface area contributed by atoms with Gasteiger partial charge < -0.3 is 0 Å². The van der Waals surface area contributed by atoms with Crippen molar-refractivity contribution in [3.8, 4) is 0 Å². The molecule has 2 heteroatoms. The van der Waals surface area contributed by atoms with E-state index in [0.717, 1.165) is 19.5 Å². The van der Waals surface area contributed by atoms with Crippen molar-refractivity contribution in [2.45, 2.75) is 33.2 Å². The molecule has 0 amide bonds. The fraction of sp³-hybridized carbons (Fsp3) is 0.571. The van der Waals surface area contributed by atoms with E-state index < -0.39 is 0 Å². The molecule has 1 aliphatic heterocycles. The summed E-state index contributed by atoms with van der Waals surface area (Å²) in [6.45, 7) is 8.83. The van der Waals surface area contributed by atoms with Crippen molar-refractivity contribution in [3.63, 3.8) is 0 Å². The van der Waals surface area contributed by atoms with Crippen molar-refractivity contribution < 1.29 is 4.39 Å². The number of hydrogen-bond acceptors (Lipinski definition) is 1. The highest BCUT2D eigenvalue weighted by Crippen LogP contribution is 2.30. The number of benzene rings is 1. The molecular formula is C14H20FN. The van der Waals surface area contributed by atoms with Crippen LogP contribution in [-0.4, -0.2) is 18.0 Å². The van der Waals surface area contributed by atoms with Gasteiger partial charge in [-0.3, -0.25) is 4.90 Å². The summed E-state index contributed by atoms with van der Waals surface area (Å²) in [7, 11) is 0. The molecule has 1 aromatic carbocycles. The summed E-state index contributed by atoms with van der Waals surface area (Å²) in [5.74, 6) is 0.551. The van der Waals surface area contributed by atoms with Gasteiger partial charge in [0.1, 0.15) is 5.82 Å². The Labute approximate surface area is 97.3 Å². The van der Waals surface area contributed by atoms with Crippen molar-refractivity contribution in [1.82, 2.24) is 4.90 Å². The van der Waals surface area contributed by atoms with Gasteiger partial charge in [-0.15, -0.1) is 0 Å². The highest BCUT2D eigenvalue weighted by molar-refractivity contribution is 5.32. The number of nitrogens with zero attached hydrogens (tertiary/aromatic N) is 1. The van der Waals surface area contributed by atoms with E-state index in [1.807, 2.05) is 6.07 Å². The lowest BCUT2D eigenvalue weighted by atomic mass is 9.93. The molecule has 1 unspecified atom stereocenters. The summed E-state index contributed by atoms with van der Waals surface area (Å²) >= 11 is 0. The Kier molecular flexibility index (Phi) is 3.29. The Morgan fingerprint density at radius 1 is 1.44 bits per heavy atom. The molecule has 0 saturated carbocycles.